The molecule has 1 amide bonds. The smallest absolute Gasteiger partial charge is 0.234 e. The van der Waals surface area contributed by atoms with E-state index >= 15 is 0 Å². The van der Waals surface area contributed by atoms with Crippen molar-refractivity contribution in [2.24, 2.45) is 0 Å². The van der Waals surface area contributed by atoms with E-state index in [2.05, 4.69) is 20.6 Å². The van der Waals surface area contributed by atoms with Crippen LogP contribution in [0, 0.1) is 0 Å². The van der Waals surface area contributed by atoms with Gasteiger partial charge in [0, 0.05) is 15.5 Å². The maximum absolute atomic E-state index is 12.4. The van der Waals surface area contributed by atoms with Crippen LogP contribution in [-0.2, 0) is 4.79 Å². The van der Waals surface area contributed by atoms with E-state index in [9.17, 15) is 4.79 Å². The average molecular weight is 432 g/mol. The average Bonchev–Trinajstić information content (AvgIpc) is 3.30. The molecule has 4 rings (SSSR count). The Hall–Kier alpha value is -2.62. The van der Waals surface area contributed by atoms with Gasteiger partial charge in [-0.2, -0.15) is 9.61 Å². The lowest BCUT2D eigenvalue weighted by Crippen LogP contribution is -2.14. The van der Waals surface area contributed by atoms with Gasteiger partial charge in [0.05, 0.1) is 18.6 Å². The van der Waals surface area contributed by atoms with Crippen molar-refractivity contribution in [1.82, 2.24) is 19.8 Å². The zero-order valence-electron chi connectivity index (χ0n) is 14.6. The first kappa shape index (κ1) is 18.7. The van der Waals surface area contributed by atoms with Crippen molar-refractivity contribution in [2.45, 2.75) is 4.90 Å². The first-order valence-electron chi connectivity index (χ1n) is 8.16. The van der Waals surface area contributed by atoms with Crippen LogP contribution in [0.3, 0.4) is 0 Å². The number of rotatable bonds is 6. The third kappa shape index (κ3) is 4.11. The Morgan fingerprint density at radius 3 is 2.86 bits per heavy atom. The van der Waals surface area contributed by atoms with Crippen molar-refractivity contribution in [3.63, 3.8) is 0 Å². The third-order valence-corrected chi connectivity index (χ3v) is 6.02. The number of halogens is 1. The summed E-state index contributed by atoms with van der Waals surface area (Å²) in [4.78, 5) is 14.1. The Balaban J connectivity index is 1.50. The molecule has 0 aliphatic carbocycles. The van der Waals surface area contributed by atoms with Gasteiger partial charge in [-0.3, -0.25) is 4.79 Å². The molecule has 2 aromatic carbocycles. The number of methoxy groups -OCH3 is 1. The highest BCUT2D eigenvalue weighted by atomic mass is 35.5. The summed E-state index contributed by atoms with van der Waals surface area (Å²) in [5.41, 5.74) is 1.45. The molecule has 0 spiro atoms. The van der Waals surface area contributed by atoms with Crippen LogP contribution in [-0.4, -0.2) is 38.6 Å². The van der Waals surface area contributed by atoms with Crippen molar-refractivity contribution >= 4 is 51.3 Å². The number of hydrogen-bond donors (Lipinski definition) is 1. The van der Waals surface area contributed by atoms with Crippen LogP contribution in [0.5, 0.6) is 5.75 Å². The third-order valence-electron chi connectivity index (χ3n) is 3.79. The van der Waals surface area contributed by atoms with E-state index in [1.54, 1.807) is 36.2 Å². The monoisotopic (exact) mass is 431 g/mol. The van der Waals surface area contributed by atoms with Crippen molar-refractivity contribution in [3.8, 4) is 16.3 Å². The van der Waals surface area contributed by atoms with Crippen LogP contribution in [0.4, 0.5) is 5.69 Å². The second-order valence-corrected chi connectivity index (χ2v) is 8.11. The van der Waals surface area contributed by atoms with Gasteiger partial charge in [-0.15, -0.1) is 22.0 Å². The fourth-order valence-corrected chi connectivity index (χ4v) is 4.12. The molecule has 10 heteroatoms. The minimum absolute atomic E-state index is 0.131. The van der Waals surface area contributed by atoms with E-state index in [1.807, 2.05) is 24.3 Å². The summed E-state index contributed by atoms with van der Waals surface area (Å²) in [6.07, 6.45) is 1.55. The summed E-state index contributed by atoms with van der Waals surface area (Å²) in [7, 11) is 1.57. The molecule has 0 radical (unpaired) electrons. The number of nitrogens with zero attached hydrogens (tertiary/aromatic N) is 4. The first-order valence-corrected chi connectivity index (χ1v) is 10.3. The van der Waals surface area contributed by atoms with Gasteiger partial charge in [0.2, 0.25) is 10.9 Å². The lowest BCUT2D eigenvalue weighted by molar-refractivity contribution is -0.113. The number of carbonyl (C=O) groups is 1. The minimum Gasteiger partial charge on any atom is -0.495 e. The molecule has 0 unspecified atom stereocenters. The molecule has 0 fully saturated rings. The van der Waals surface area contributed by atoms with Crippen LogP contribution in [0.2, 0.25) is 5.02 Å². The second-order valence-electron chi connectivity index (χ2n) is 5.67. The van der Waals surface area contributed by atoms with Gasteiger partial charge in [0.15, 0.2) is 0 Å². The molecule has 0 atom stereocenters. The zero-order chi connectivity index (χ0) is 19.5. The van der Waals surface area contributed by atoms with Crippen LogP contribution in [0.25, 0.3) is 15.5 Å². The Morgan fingerprint density at radius 2 is 2.11 bits per heavy atom. The zero-order valence-corrected chi connectivity index (χ0v) is 17.0. The standard InChI is InChI=1S/C18H14ClN5O2S2/c1-26-15-7-2-11(17-23-24-10-20-22-18(24)28-17)8-14(15)21-16(25)9-27-13-5-3-12(19)4-6-13/h2-8,10H,9H2,1H3,(H,21,25). The van der Waals surface area contributed by atoms with Crippen molar-refractivity contribution in [3.05, 3.63) is 53.8 Å². The number of ether oxygens (including phenoxy) is 1. The number of thioether (sulfide) groups is 1. The highest BCUT2D eigenvalue weighted by Gasteiger charge is 2.13. The van der Waals surface area contributed by atoms with Crippen LogP contribution < -0.4 is 10.1 Å². The van der Waals surface area contributed by atoms with E-state index in [4.69, 9.17) is 16.3 Å². The molecule has 0 aliphatic rings. The fourth-order valence-electron chi connectivity index (χ4n) is 2.48. The molecule has 0 saturated heterocycles. The quantitative estimate of drug-likeness (QED) is 0.460. The van der Waals surface area contributed by atoms with E-state index < -0.39 is 0 Å². The van der Waals surface area contributed by atoms with Gasteiger partial charge >= 0.3 is 0 Å². The maximum atomic E-state index is 12.4. The molecular formula is C18H14ClN5O2S2. The number of amides is 1. The second kappa shape index (κ2) is 8.17. The van der Waals surface area contributed by atoms with Gasteiger partial charge < -0.3 is 10.1 Å². The summed E-state index contributed by atoms with van der Waals surface area (Å²) < 4.78 is 6.99. The van der Waals surface area contributed by atoms with Crippen molar-refractivity contribution in [2.75, 3.05) is 18.2 Å². The number of benzene rings is 2. The highest BCUT2D eigenvalue weighted by Crippen LogP contribution is 2.32. The van der Waals surface area contributed by atoms with Gasteiger partial charge in [-0.1, -0.05) is 22.9 Å². The number of nitrogens with one attached hydrogen (secondary N) is 1. The van der Waals surface area contributed by atoms with Crippen LogP contribution >= 0.6 is 34.7 Å². The number of carbonyl (C=O) groups excluding carboxylic acids is 1. The van der Waals surface area contributed by atoms with Gasteiger partial charge in [-0.25, -0.2) is 0 Å². The molecule has 0 bridgehead atoms. The van der Waals surface area contributed by atoms with E-state index in [-0.39, 0.29) is 11.7 Å². The maximum Gasteiger partial charge on any atom is 0.234 e. The first-order chi connectivity index (χ1) is 13.6. The summed E-state index contributed by atoms with van der Waals surface area (Å²) in [6.45, 7) is 0. The van der Waals surface area contributed by atoms with Crippen LogP contribution in [0.15, 0.2) is 53.7 Å². The SMILES string of the molecule is COc1ccc(-c2nn3cnnc3s2)cc1NC(=O)CSc1ccc(Cl)cc1. The number of anilines is 1. The van der Waals surface area contributed by atoms with Crippen molar-refractivity contribution < 1.29 is 9.53 Å². The molecule has 0 saturated carbocycles. The molecule has 0 aliphatic heterocycles. The summed E-state index contributed by atoms with van der Waals surface area (Å²) in [6, 6.07) is 12.9. The molecular weight excluding hydrogens is 418 g/mol. The Morgan fingerprint density at radius 1 is 1.29 bits per heavy atom. The largest absolute Gasteiger partial charge is 0.495 e. The molecule has 142 valence electrons. The summed E-state index contributed by atoms with van der Waals surface area (Å²) in [5, 5.41) is 16.6. The summed E-state index contributed by atoms with van der Waals surface area (Å²) in [5.74, 6) is 0.719. The van der Waals surface area contributed by atoms with Crippen molar-refractivity contribution in [1.29, 1.82) is 0 Å². The Kier molecular flexibility index (Phi) is 5.47. The lowest BCUT2D eigenvalue weighted by Gasteiger charge is -2.11. The topological polar surface area (TPSA) is 81.4 Å². The van der Waals surface area contributed by atoms with Gasteiger partial charge in [0.1, 0.15) is 17.1 Å². The molecule has 28 heavy (non-hydrogen) atoms. The predicted octanol–water partition coefficient (Wildman–Crippen LogP) is 4.25. The molecule has 2 heterocycles. The Bertz CT molecular complexity index is 1100. The molecule has 2 aromatic heterocycles. The van der Waals surface area contributed by atoms with E-state index in [0.29, 0.717) is 21.4 Å². The van der Waals surface area contributed by atoms with Crippen LogP contribution in [0.1, 0.15) is 0 Å². The minimum atomic E-state index is -0.131. The lowest BCUT2D eigenvalue weighted by atomic mass is 10.2. The number of hydrogen-bond acceptors (Lipinski definition) is 7. The fraction of sp³-hybridized carbons (Fsp3) is 0.111. The number of aromatic nitrogens is 4. The molecule has 1 N–H and O–H groups in total. The summed E-state index contributed by atoms with van der Waals surface area (Å²) >= 11 is 8.73. The molecule has 7 nitrogen and oxygen atoms in total. The van der Waals surface area contributed by atoms with E-state index in [0.717, 1.165) is 15.5 Å². The predicted molar refractivity (Wildman–Crippen MR) is 111 cm³/mol. The Labute approximate surface area is 173 Å². The van der Waals surface area contributed by atoms with Gasteiger partial charge in [0.25, 0.3) is 0 Å². The van der Waals surface area contributed by atoms with Gasteiger partial charge in [-0.05, 0) is 42.5 Å². The molecule has 4 aromatic rings. The highest BCUT2D eigenvalue weighted by molar-refractivity contribution is 8.00. The van der Waals surface area contributed by atoms with E-state index in [1.165, 1.54) is 23.1 Å². The number of fused-ring (bicyclic) bond motifs is 1. The normalized spacial score (nSPS) is 10.9.